The molecule has 0 radical (unpaired) electrons. The Kier molecular flexibility index (Phi) is 4.35. The maximum absolute atomic E-state index is 5.76. The van der Waals surface area contributed by atoms with Crippen LogP contribution in [0.2, 0.25) is 0 Å². The number of hydrogen-bond acceptors (Lipinski definition) is 3. The van der Waals surface area contributed by atoms with Crippen LogP contribution in [0.3, 0.4) is 0 Å². The van der Waals surface area contributed by atoms with Gasteiger partial charge in [0.25, 0.3) is 0 Å². The quantitative estimate of drug-likeness (QED) is 0.723. The lowest BCUT2D eigenvalue weighted by Gasteiger charge is -2.44. The predicted octanol–water partition coefficient (Wildman–Crippen LogP) is 0.606. The molecule has 84 valence electrons. The van der Waals surface area contributed by atoms with Gasteiger partial charge in [-0.05, 0) is 19.9 Å². The summed E-state index contributed by atoms with van der Waals surface area (Å²) in [6.45, 7) is 11.1. The highest BCUT2D eigenvalue weighted by atomic mass is 15.3. The van der Waals surface area contributed by atoms with Gasteiger partial charge in [-0.1, -0.05) is 13.8 Å². The molecule has 0 aromatic rings. The van der Waals surface area contributed by atoms with Gasteiger partial charge in [0.15, 0.2) is 0 Å². The highest BCUT2D eigenvalue weighted by molar-refractivity contribution is 4.85. The zero-order valence-corrected chi connectivity index (χ0v) is 10.0. The molecule has 1 heterocycles. The highest BCUT2D eigenvalue weighted by Gasteiger charge is 2.28. The van der Waals surface area contributed by atoms with Crippen LogP contribution in [0, 0.1) is 5.92 Å². The van der Waals surface area contributed by atoms with E-state index in [0.29, 0.717) is 12.1 Å². The van der Waals surface area contributed by atoms with Crippen LogP contribution in [0.4, 0.5) is 0 Å². The summed E-state index contributed by atoms with van der Waals surface area (Å²) in [5.41, 5.74) is 5.76. The van der Waals surface area contributed by atoms with Crippen molar-refractivity contribution >= 4 is 0 Å². The monoisotopic (exact) mass is 199 g/mol. The summed E-state index contributed by atoms with van der Waals surface area (Å²) < 4.78 is 0. The van der Waals surface area contributed by atoms with Crippen LogP contribution in [-0.4, -0.2) is 55.1 Å². The SMILES string of the molecule is CC(C)CN1CC(CN)N(C)CC1C. The van der Waals surface area contributed by atoms with E-state index in [1.165, 1.54) is 6.54 Å². The van der Waals surface area contributed by atoms with E-state index < -0.39 is 0 Å². The van der Waals surface area contributed by atoms with Crippen molar-refractivity contribution in [2.75, 3.05) is 33.2 Å². The van der Waals surface area contributed by atoms with Gasteiger partial charge in [-0.2, -0.15) is 0 Å². The molecule has 0 amide bonds. The molecule has 2 atom stereocenters. The van der Waals surface area contributed by atoms with Crippen LogP contribution in [0.5, 0.6) is 0 Å². The van der Waals surface area contributed by atoms with Crippen molar-refractivity contribution in [2.24, 2.45) is 11.7 Å². The molecule has 3 nitrogen and oxygen atoms in total. The van der Waals surface area contributed by atoms with Crippen molar-refractivity contribution in [1.29, 1.82) is 0 Å². The Morgan fingerprint density at radius 1 is 1.36 bits per heavy atom. The van der Waals surface area contributed by atoms with E-state index >= 15 is 0 Å². The molecule has 1 fully saturated rings. The topological polar surface area (TPSA) is 32.5 Å². The summed E-state index contributed by atoms with van der Waals surface area (Å²) in [6, 6.07) is 1.22. The Labute approximate surface area is 88.2 Å². The minimum absolute atomic E-state index is 0.546. The van der Waals surface area contributed by atoms with E-state index in [9.17, 15) is 0 Å². The zero-order valence-electron chi connectivity index (χ0n) is 10.0. The van der Waals surface area contributed by atoms with Crippen molar-refractivity contribution in [2.45, 2.75) is 32.9 Å². The van der Waals surface area contributed by atoms with Crippen LogP contribution in [0.25, 0.3) is 0 Å². The van der Waals surface area contributed by atoms with E-state index in [0.717, 1.165) is 25.6 Å². The first-order valence-electron chi connectivity index (χ1n) is 5.69. The van der Waals surface area contributed by atoms with Crippen LogP contribution >= 0.6 is 0 Å². The van der Waals surface area contributed by atoms with E-state index in [2.05, 4.69) is 37.6 Å². The molecule has 3 heteroatoms. The van der Waals surface area contributed by atoms with Gasteiger partial charge in [-0.25, -0.2) is 0 Å². The number of rotatable bonds is 3. The molecule has 0 aromatic heterocycles. The largest absolute Gasteiger partial charge is 0.329 e. The first kappa shape index (κ1) is 12.0. The Morgan fingerprint density at radius 3 is 2.50 bits per heavy atom. The van der Waals surface area contributed by atoms with Crippen LogP contribution in [0.15, 0.2) is 0 Å². The molecule has 1 aliphatic rings. The summed E-state index contributed by atoms with van der Waals surface area (Å²) in [6.07, 6.45) is 0. The first-order valence-corrected chi connectivity index (χ1v) is 5.69. The molecule has 2 unspecified atom stereocenters. The molecule has 2 N–H and O–H groups in total. The summed E-state index contributed by atoms with van der Waals surface area (Å²) in [5, 5.41) is 0. The zero-order chi connectivity index (χ0) is 10.7. The van der Waals surface area contributed by atoms with Gasteiger partial charge in [-0.3, -0.25) is 9.80 Å². The fourth-order valence-electron chi connectivity index (χ4n) is 2.25. The second-order valence-electron chi connectivity index (χ2n) is 5.03. The number of piperazine rings is 1. The fourth-order valence-corrected chi connectivity index (χ4v) is 2.25. The Bertz CT molecular complexity index is 170. The highest BCUT2D eigenvalue weighted by Crippen LogP contribution is 2.14. The van der Waals surface area contributed by atoms with E-state index in [1.807, 2.05) is 0 Å². The molecule has 1 aliphatic heterocycles. The van der Waals surface area contributed by atoms with E-state index in [4.69, 9.17) is 5.73 Å². The smallest absolute Gasteiger partial charge is 0.0343 e. The second-order valence-corrected chi connectivity index (χ2v) is 5.03. The van der Waals surface area contributed by atoms with E-state index in [1.54, 1.807) is 0 Å². The van der Waals surface area contributed by atoms with Crippen molar-refractivity contribution in [1.82, 2.24) is 9.80 Å². The lowest BCUT2D eigenvalue weighted by atomic mass is 10.1. The van der Waals surface area contributed by atoms with Crippen LogP contribution in [0.1, 0.15) is 20.8 Å². The lowest BCUT2D eigenvalue weighted by molar-refractivity contribution is 0.0481. The molecular formula is C11H25N3. The minimum Gasteiger partial charge on any atom is -0.329 e. The summed E-state index contributed by atoms with van der Waals surface area (Å²) >= 11 is 0. The van der Waals surface area contributed by atoms with Gasteiger partial charge < -0.3 is 5.73 Å². The van der Waals surface area contributed by atoms with Crippen molar-refractivity contribution < 1.29 is 0 Å². The van der Waals surface area contributed by atoms with Gasteiger partial charge in [0.2, 0.25) is 0 Å². The maximum atomic E-state index is 5.76. The third-order valence-electron chi connectivity index (χ3n) is 3.12. The number of likely N-dealkylation sites (N-methyl/N-ethyl adjacent to an activating group) is 1. The normalized spacial score (nSPS) is 31.3. The average molecular weight is 199 g/mol. The molecule has 0 aliphatic carbocycles. The summed E-state index contributed by atoms with van der Waals surface area (Å²) in [5.74, 6) is 0.749. The standard InChI is InChI=1S/C11H25N3/c1-9(2)6-14-8-11(5-12)13(4)7-10(14)3/h9-11H,5-8,12H2,1-4H3. The molecule has 0 aromatic carbocycles. The van der Waals surface area contributed by atoms with Gasteiger partial charge in [0.05, 0.1) is 0 Å². The van der Waals surface area contributed by atoms with Crippen LogP contribution < -0.4 is 5.73 Å². The Morgan fingerprint density at radius 2 is 2.00 bits per heavy atom. The third kappa shape index (κ3) is 2.94. The minimum atomic E-state index is 0.546. The Hall–Kier alpha value is -0.120. The van der Waals surface area contributed by atoms with Gasteiger partial charge in [-0.15, -0.1) is 0 Å². The number of hydrogen-bond donors (Lipinski definition) is 1. The predicted molar refractivity (Wildman–Crippen MR) is 61.3 cm³/mol. The van der Waals surface area contributed by atoms with Crippen molar-refractivity contribution in [3.8, 4) is 0 Å². The molecule has 0 saturated carbocycles. The maximum Gasteiger partial charge on any atom is 0.0343 e. The third-order valence-corrected chi connectivity index (χ3v) is 3.12. The average Bonchev–Trinajstić information content (AvgIpc) is 2.09. The van der Waals surface area contributed by atoms with Gasteiger partial charge >= 0.3 is 0 Å². The molecule has 1 rings (SSSR count). The molecule has 0 spiro atoms. The summed E-state index contributed by atoms with van der Waals surface area (Å²) in [4.78, 5) is 4.96. The fraction of sp³-hybridized carbons (Fsp3) is 1.00. The van der Waals surface area contributed by atoms with Crippen LogP contribution in [-0.2, 0) is 0 Å². The van der Waals surface area contributed by atoms with Gasteiger partial charge in [0, 0.05) is 38.3 Å². The van der Waals surface area contributed by atoms with Crippen molar-refractivity contribution in [3.63, 3.8) is 0 Å². The lowest BCUT2D eigenvalue weighted by Crippen LogP contribution is -2.58. The molecule has 1 saturated heterocycles. The Balaban J connectivity index is 2.50. The molecule has 0 bridgehead atoms. The van der Waals surface area contributed by atoms with E-state index in [-0.39, 0.29) is 0 Å². The van der Waals surface area contributed by atoms with Crippen molar-refractivity contribution in [3.05, 3.63) is 0 Å². The van der Waals surface area contributed by atoms with Gasteiger partial charge in [0.1, 0.15) is 0 Å². The number of nitrogens with two attached hydrogens (primary N) is 1. The molecular weight excluding hydrogens is 174 g/mol. The molecule has 14 heavy (non-hydrogen) atoms. The first-order chi connectivity index (χ1) is 6.54. The summed E-state index contributed by atoms with van der Waals surface area (Å²) in [7, 11) is 2.18. The number of nitrogens with zero attached hydrogens (tertiary/aromatic N) is 2. The second kappa shape index (κ2) is 5.10.